The molecule has 0 saturated carbocycles. The van der Waals surface area contributed by atoms with Crippen molar-refractivity contribution in [3.05, 3.63) is 23.6 Å². The maximum Gasteiger partial charge on any atom is 0.132 e. The lowest BCUT2D eigenvalue weighted by Crippen LogP contribution is -2.51. The van der Waals surface area contributed by atoms with E-state index in [1.165, 1.54) is 0 Å². The molecule has 64 valence electrons. The fourth-order valence-corrected chi connectivity index (χ4v) is 1.79. The van der Waals surface area contributed by atoms with Gasteiger partial charge in [0.1, 0.15) is 16.4 Å². The molecule has 0 aromatic carbocycles. The van der Waals surface area contributed by atoms with Gasteiger partial charge in [-0.2, -0.15) is 0 Å². The Morgan fingerprint density at radius 1 is 1.25 bits per heavy atom. The average Bonchev–Trinajstić information content (AvgIpc) is 2.04. The Balaban J connectivity index is 2.29. The first-order chi connectivity index (χ1) is 5.77. The van der Waals surface area contributed by atoms with E-state index >= 15 is 0 Å². The molecular weight excluding hydrogens is 197 g/mol. The Kier molecular flexibility index (Phi) is 1.98. The third-order valence-corrected chi connectivity index (χ3v) is 2.32. The molecule has 0 bridgehead atoms. The summed E-state index contributed by atoms with van der Waals surface area (Å²) in [6.45, 7) is 0. The van der Waals surface area contributed by atoms with Gasteiger partial charge in [0.2, 0.25) is 0 Å². The number of hydrogen-bond donors (Lipinski definition) is 2. The zero-order valence-electron chi connectivity index (χ0n) is 6.09. The van der Waals surface area contributed by atoms with Crippen molar-refractivity contribution in [3.63, 3.8) is 0 Å². The molecular formula is C7H7Cl2N3. The van der Waals surface area contributed by atoms with Gasteiger partial charge < -0.3 is 10.6 Å². The van der Waals surface area contributed by atoms with Crippen LogP contribution < -0.4 is 10.6 Å². The summed E-state index contributed by atoms with van der Waals surface area (Å²) in [7, 11) is 0. The highest BCUT2D eigenvalue weighted by molar-refractivity contribution is 6.67. The van der Waals surface area contributed by atoms with Crippen molar-refractivity contribution in [2.45, 2.75) is 12.1 Å². The van der Waals surface area contributed by atoms with Crippen LogP contribution in [0.4, 0.5) is 0 Å². The Bertz CT molecular complexity index is 282. The Hall–Kier alpha value is -0.670. The molecule has 2 unspecified atom stereocenters. The maximum atomic E-state index is 5.87. The van der Waals surface area contributed by atoms with Crippen molar-refractivity contribution >= 4 is 28.4 Å². The molecule has 0 saturated heterocycles. The van der Waals surface area contributed by atoms with E-state index in [0.29, 0.717) is 10.3 Å². The van der Waals surface area contributed by atoms with Crippen molar-refractivity contribution < 1.29 is 0 Å². The largest absolute Gasteiger partial charge is 0.381 e. The third-order valence-electron chi connectivity index (χ3n) is 1.79. The van der Waals surface area contributed by atoms with Gasteiger partial charge in [0, 0.05) is 12.4 Å². The highest BCUT2D eigenvalue weighted by Crippen LogP contribution is 2.18. The minimum absolute atomic E-state index is 0.0131. The lowest BCUT2D eigenvalue weighted by Gasteiger charge is -2.30. The molecule has 2 heterocycles. The van der Waals surface area contributed by atoms with E-state index in [9.17, 15) is 0 Å². The van der Waals surface area contributed by atoms with Crippen LogP contribution in [0.3, 0.4) is 0 Å². The van der Waals surface area contributed by atoms with Crippen LogP contribution >= 0.6 is 23.2 Å². The molecule has 0 spiro atoms. The van der Waals surface area contributed by atoms with Crippen molar-refractivity contribution in [2.75, 3.05) is 0 Å². The number of hydrogen-bond acceptors (Lipinski definition) is 3. The molecule has 2 atom stereocenters. The van der Waals surface area contributed by atoms with E-state index in [2.05, 4.69) is 15.6 Å². The number of aliphatic imine (C=N–C) groups is 1. The van der Waals surface area contributed by atoms with Gasteiger partial charge in [-0.3, -0.25) is 0 Å². The molecule has 0 radical (unpaired) electrons. The van der Waals surface area contributed by atoms with Gasteiger partial charge in [0.15, 0.2) is 0 Å². The first-order valence-electron chi connectivity index (χ1n) is 3.56. The van der Waals surface area contributed by atoms with E-state index in [-0.39, 0.29) is 12.1 Å². The zero-order valence-corrected chi connectivity index (χ0v) is 7.60. The summed E-state index contributed by atoms with van der Waals surface area (Å²) in [5.74, 6) is 0. The molecule has 12 heavy (non-hydrogen) atoms. The van der Waals surface area contributed by atoms with Crippen molar-refractivity contribution in [3.8, 4) is 0 Å². The van der Waals surface area contributed by atoms with E-state index in [0.717, 1.165) is 0 Å². The maximum absolute atomic E-state index is 5.87. The van der Waals surface area contributed by atoms with Crippen LogP contribution in [0.5, 0.6) is 0 Å². The molecule has 2 N–H and O–H groups in total. The first-order valence-corrected chi connectivity index (χ1v) is 4.31. The molecule has 2 rings (SSSR count). The molecule has 0 amide bonds. The van der Waals surface area contributed by atoms with Gasteiger partial charge in [0.25, 0.3) is 0 Å². The SMILES string of the molecule is ClC1=CC2NC=CNC2C(Cl)=N1. The molecule has 0 aromatic rings. The van der Waals surface area contributed by atoms with Gasteiger partial charge in [-0.25, -0.2) is 4.99 Å². The zero-order chi connectivity index (χ0) is 8.55. The molecule has 5 heteroatoms. The van der Waals surface area contributed by atoms with E-state index in [1.54, 1.807) is 6.20 Å². The summed E-state index contributed by atoms with van der Waals surface area (Å²) < 4.78 is 0. The average molecular weight is 204 g/mol. The predicted octanol–water partition coefficient (Wildman–Crippen LogP) is 1.12. The summed E-state index contributed by atoms with van der Waals surface area (Å²) in [4.78, 5) is 3.94. The van der Waals surface area contributed by atoms with Crippen molar-refractivity contribution in [1.82, 2.24) is 10.6 Å². The van der Waals surface area contributed by atoms with Crippen LogP contribution in [-0.2, 0) is 0 Å². The number of nitrogens with one attached hydrogen (secondary N) is 2. The smallest absolute Gasteiger partial charge is 0.132 e. The summed E-state index contributed by atoms with van der Waals surface area (Å²) >= 11 is 11.6. The molecule has 0 aromatic heterocycles. The van der Waals surface area contributed by atoms with Crippen LogP contribution in [0, 0.1) is 0 Å². The van der Waals surface area contributed by atoms with E-state index in [1.807, 2.05) is 12.3 Å². The molecule has 2 aliphatic heterocycles. The second-order valence-electron chi connectivity index (χ2n) is 2.59. The van der Waals surface area contributed by atoms with Crippen molar-refractivity contribution in [2.24, 2.45) is 4.99 Å². The quantitative estimate of drug-likeness (QED) is 0.580. The minimum atomic E-state index is 0.0131. The molecule has 2 aliphatic rings. The number of rotatable bonds is 0. The summed E-state index contributed by atoms with van der Waals surface area (Å²) in [5, 5.41) is 7.12. The van der Waals surface area contributed by atoms with Gasteiger partial charge in [0.05, 0.1) is 6.04 Å². The third kappa shape index (κ3) is 1.30. The Morgan fingerprint density at radius 3 is 2.83 bits per heavy atom. The number of halogens is 2. The monoisotopic (exact) mass is 203 g/mol. The Labute approximate surface area is 80.1 Å². The molecule has 0 fully saturated rings. The summed E-state index contributed by atoms with van der Waals surface area (Å²) in [6, 6.07) is 0.117. The van der Waals surface area contributed by atoms with Crippen LogP contribution in [-0.4, -0.2) is 17.3 Å². The fourth-order valence-electron chi connectivity index (χ4n) is 1.23. The summed E-state index contributed by atoms with van der Waals surface area (Å²) in [6.07, 6.45) is 5.44. The number of nitrogens with zero attached hydrogens (tertiary/aromatic N) is 1. The standard InChI is InChI=1S/C7H7Cl2N3/c8-5-3-4-6(7(9)12-5)11-2-1-10-4/h1-4,6,10-11H. The minimum Gasteiger partial charge on any atom is -0.381 e. The summed E-state index contributed by atoms with van der Waals surface area (Å²) in [5.41, 5.74) is 0. The van der Waals surface area contributed by atoms with E-state index in [4.69, 9.17) is 23.2 Å². The predicted molar refractivity (Wildman–Crippen MR) is 50.2 cm³/mol. The normalized spacial score (nSPS) is 32.5. The molecule has 3 nitrogen and oxygen atoms in total. The van der Waals surface area contributed by atoms with Crippen molar-refractivity contribution in [1.29, 1.82) is 0 Å². The Morgan fingerprint density at radius 2 is 2.00 bits per heavy atom. The van der Waals surface area contributed by atoms with Crippen LogP contribution in [0.25, 0.3) is 0 Å². The molecule has 0 aliphatic carbocycles. The lowest BCUT2D eigenvalue weighted by molar-refractivity contribution is 0.557. The van der Waals surface area contributed by atoms with Crippen LogP contribution in [0.15, 0.2) is 28.6 Å². The second kappa shape index (κ2) is 2.99. The number of fused-ring (bicyclic) bond motifs is 1. The highest BCUT2D eigenvalue weighted by Gasteiger charge is 2.27. The topological polar surface area (TPSA) is 36.4 Å². The fraction of sp³-hybridized carbons (Fsp3) is 0.286. The van der Waals surface area contributed by atoms with Gasteiger partial charge >= 0.3 is 0 Å². The lowest BCUT2D eigenvalue weighted by atomic mass is 10.1. The van der Waals surface area contributed by atoms with Crippen LogP contribution in [0.2, 0.25) is 0 Å². The highest BCUT2D eigenvalue weighted by atomic mass is 35.5. The van der Waals surface area contributed by atoms with Crippen LogP contribution in [0.1, 0.15) is 0 Å². The van der Waals surface area contributed by atoms with Gasteiger partial charge in [-0.05, 0) is 6.08 Å². The van der Waals surface area contributed by atoms with E-state index < -0.39 is 0 Å². The van der Waals surface area contributed by atoms with Gasteiger partial charge in [-0.1, -0.05) is 23.2 Å². The first kappa shape index (κ1) is 7.95. The second-order valence-corrected chi connectivity index (χ2v) is 3.37. The van der Waals surface area contributed by atoms with Gasteiger partial charge in [-0.15, -0.1) is 0 Å².